The van der Waals surface area contributed by atoms with Crippen LogP contribution in [0.3, 0.4) is 0 Å². The molecule has 3 rings (SSSR count). The van der Waals surface area contributed by atoms with Crippen molar-refractivity contribution in [3.8, 4) is 5.75 Å². The van der Waals surface area contributed by atoms with Gasteiger partial charge in [0.1, 0.15) is 23.9 Å². The van der Waals surface area contributed by atoms with Crippen LogP contribution in [0.1, 0.15) is 39.9 Å². The quantitative estimate of drug-likeness (QED) is 0.423. The third kappa shape index (κ3) is 6.56. The molecule has 1 heterocycles. The van der Waals surface area contributed by atoms with E-state index in [0.29, 0.717) is 18.6 Å². The van der Waals surface area contributed by atoms with Gasteiger partial charge in [-0.2, -0.15) is 0 Å². The van der Waals surface area contributed by atoms with Crippen LogP contribution in [0.5, 0.6) is 5.75 Å². The summed E-state index contributed by atoms with van der Waals surface area (Å²) in [7, 11) is 3.94. The Morgan fingerprint density at radius 2 is 1.91 bits per heavy atom. The predicted molar refractivity (Wildman–Crippen MR) is 123 cm³/mol. The molecule has 0 radical (unpaired) electrons. The summed E-state index contributed by atoms with van der Waals surface area (Å²) in [4.78, 5) is 14.9. The van der Waals surface area contributed by atoms with Crippen molar-refractivity contribution in [2.75, 3.05) is 20.6 Å². The van der Waals surface area contributed by atoms with Crippen molar-refractivity contribution >= 4 is 5.91 Å². The van der Waals surface area contributed by atoms with Crippen molar-refractivity contribution in [3.05, 3.63) is 102 Å². The van der Waals surface area contributed by atoms with E-state index < -0.39 is 0 Å². The number of nitrogens with zero attached hydrogens (tertiary/aromatic N) is 1. The first-order valence-corrected chi connectivity index (χ1v) is 10.6. The number of halogens is 1. The van der Waals surface area contributed by atoms with Crippen LogP contribution >= 0.6 is 0 Å². The van der Waals surface area contributed by atoms with Gasteiger partial charge < -0.3 is 19.4 Å². The Labute approximate surface area is 188 Å². The Bertz CT molecular complexity index is 1030. The lowest BCUT2D eigenvalue weighted by Crippen LogP contribution is -2.30. The molecule has 168 valence electrons. The van der Waals surface area contributed by atoms with Crippen LogP contribution in [0, 0.1) is 5.82 Å². The molecule has 0 fully saturated rings. The number of amides is 1. The first-order valence-electron chi connectivity index (χ1n) is 10.6. The second kappa shape index (κ2) is 11.3. The van der Waals surface area contributed by atoms with Crippen molar-refractivity contribution in [2.24, 2.45) is 0 Å². The van der Waals surface area contributed by atoms with E-state index in [1.54, 1.807) is 24.3 Å². The van der Waals surface area contributed by atoms with Crippen LogP contribution in [0.4, 0.5) is 4.39 Å². The molecule has 0 aliphatic heterocycles. The zero-order valence-corrected chi connectivity index (χ0v) is 18.5. The van der Waals surface area contributed by atoms with Gasteiger partial charge in [0, 0.05) is 0 Å². The molecular formula is C26H29FN2O3. The van der Waals surface area contributed by atoms with E-state index in [0.717, 1.165) is 23.4 Å². The van der Waals surface area contributed by atoms with Crippen LogP contribution < -0.4 is 10.1 Å². The largest absolute Gasteiger partial charge is 0.485 e. The first kappa shape index (κ1) is 23.3. The minimum Gasteiger partial charge on any atom is -0.485 e. The van der Waals surface area contributed by atoms with Crippen LogP contribution in [-0.4, -0.2) is 31.4 Å². The van der Waals surface area contributed by atoms with Crippen LogP contribution in [0.15, 0.2) is 77.7 Å². The van der Waals surface area contributed by atoms with Gasteiger partial charge in [0.25, 0.3) is 5.91 Å². The zero-order valence-electron chi connectivity index (χ0n) is 18.5. The maximum absolute atomic E-state index is 13.3. The summed E-state index contributed by atoms with van der Waals surface area (Å²) < 4.78 is 24.9. The second-order valence-electron chi connectivity index (χ2n) is 7.82. The van der Waals surface area contributed by atoms with Gasteiger partial charge in [-0.3, -0.25) is 4.79 Å². The molecule has 0 saturated heterocycles. The van der Waals surface area contributed by atoms with E-state index in [9.17, 15) is 9.18 Å². The summed E-state index contributed by atoms with van der Waals surface area (Å²) in [5.74, 6) is 0.887. The zero-order chi connectivity index (χ0) is 22.9. The molecule has 5 nitrogen and oxygen atoms in total. The summed E-state index contributed by atoms with van der Waals surface area (Å²) in [5.41, 5.74) is 1.88. The van der Waals surface area contributed by atoms with Gasteiger partial charge >= 0.3 is 0 Å². The highest BCUT2D eigenvalue weighted by Crippen LogP contribution is 2.22. The molecule has 3 aromatic rings. The minimum absolute atomic E-state index is 0.208. The van der Waals surface area contributed by atoms with E-state index >= 15 is 0 Å². The molecule has 0 aliphatic rings. The normalized spacial score (nSPS) is 11.9. The molecule has 1 atom stereocenters. The monoisotopic (exact) mass is 436 g/mol. The van der Waals surface area contributed by atoms with Crippen LogP contribution in [0.25, 0.3) is 0 Å². The number of rotatable bonds is 11. The number of hydrogen-bond donors (Lipinski definition) is 1. The number of para-hydroxylation sites is 1. The third-order valence-electron chi connectivity index (χ3n) is 5.03. The number of allylic oxidation sites excluding steroid dienone is 1. The highest BCUT2D eigenvalue weighted by Gasteiger charge is 2.19. The van der Waals surface area contributed by atoms with E-state index in [2.05, 4.69) is 11.9 Å². The minimum atomic E-state index is -0.323. The highest BCUT2D eigenvalue weighted by atomic mass is 19.1. The summed E-state index contributed by atoms with van der Waals surface area (Å²) >= 11 is 0. The molecule has 1 N–H and O–H groups in total. The molecule has 1 aromatic heterocycles. The average molecular weight is 437 g/mol. The molecule has 1 amide bonds. The molecule has 0 bridgehead atoms. The molecule has 0 spiro atoms. The maximum atomic E-state index is 13.3. The SMILES string of the molecule is C=CCc1ccccc1OCc1ccc(C(=O)NC(CCN(C)C)c2ccc(F)cc2)o1. The Balaban J connectivity index is 1.65. The fourth-order valence-corrected chi connectivity index (χ4v) is 3.33. The van der Waals surface area contributed by atoms with Crippen LogP contribution in [0.2, 0.25) is 0 Å². The van der Waals surface area contributed by atoms with Gasteiger partial charge in [0.15, 0.2) is 5.76 Å². The van der Waals surface area contributed by atoms with Gasteiger partial charge in [-0.1, -0.05) is 36.4 Å². The van der Waals surface area contributed by atoms with Gasteiger partial charge in [-0.25, -0.2) is 4.39 Å². The second-order valence-corrected chi connectivity index (χ2v) is 7.82. The molecule has 2 aromatic carbocycles. The number of hydrogen-bond acceptors (Lipinski definition) is 4. The van der Waals surface area contributed by atoms with E-state index in [-0.39, 0.29) is 30.1 Å². The Morgan fingerprint density at radius 3 is 2.62 bits per heavy atom. The third-order valence-corrected chi connectivity index (χ3v) is 5.03. The van der Waals surface area contributed by atoms with Crippen molar-refractivity contribution < 1.29 is 18.3 Å². The molecule has 6 heteroatoms. The summed E-state index contributed by atoms with van der Waals surface area (Å²) in [6, 6.07) is 17.0. The molecule has 0 aliphatic carbocycles. The first-order chi connectivity index (χ1) is 15.5. The number of carbonyl (C=O) groups excluding carboxylic acids is 1. The lowest BCUT2D eigenvalue weighted by Gasteiger charge is -2.21. The van der Waals surface area contributed by atoms with E-state index in [1.807, 2.05) is 49.3 Å². The Hall–Kier alpha value is -3.38. The Kier molecular flexibility index (Phi) is 8.22. The van der Waals surface area contributed by atoms with Crippen molar-refractivity contribution in [3.63, 3.8) is 0 Å². The average Bonchev–Trinajstić information content (AvgIpc) is 3.26. The number of ether oxygens (including phenoxy) is 1. The van der Waals surface area contributed by atoms with Crippen LogP contribution in [-0.2, 0) is 13.0 Å². The molecule has 32 heavy (non-hydrogen) atoms. The van der Waals surface area contributed by atoms with Gasteiger partial charge in [0.05, 0.1) is 6.04 Å². The van der Waals surface area contributed by atoms with Gasteiger partial charge in [0.2, 0.25) is 0 Å². The maximum Gasteiger partial charge on any atom is 0.287 e. The summed E-state index contributed by atoms with van der Waals surface area (Å²) in [5, 5.41) is 3.00. The van der Waals surface area contributed by atoms with Crippen molar-refractivity contribution in [2.45, 2.75) is 25.5 Å². The standard InChI is InChI=1S/C26H29FN2O3/c1-4-7-20-8-5-6-9-24(20)31-18-22-14-15-25(32-22)26(30)28-23(16-17-29(2)3)19-10-12-21(27)13-11-19/h4-6,8-15,23H,1,7,16-18H2,2-3H3,(H,28,30). The Morgan fingerprint density at radius 1 is 1.16 bits per heavy atom. The number of benzene rings is 2. The molecular weight excluding hydrogens is 407 g/mol. The fraction of sp³-hybridized carbons (Fsp3) is 0.269. The number of carbonyl (C=O) groups is 1. The summed E-state index contributed by atoms with van der Waals surface area (Å²) in [6.45, 7) is 4.75. The van der Waals surface area contributed by atoms with E-state index in [4.69, 9.17) is 9.15 Å². The fourth-order valence-electron chi connectivity index (χ4n) is 3.33. The molecule has 1 unspecified atom stereocenters. The molecule has 0 saturated carbocycles. The number of furan rings is 1. The van der Waals surface area contributed by atoms with Crippen molar-refractivity contribution in [1.82, 2.24) is 10.2 Å². The lowest BCUT2D eigenvalue weighted by atomic mass is 10.0. The topological polar surface area (TPSA) is 54.7 Å². The van der Waals surface area contributed by atoms with E-state index in [1.165, 1.54) is 12.1 Å². The highest BCUT2D eigenvalue weighted by molar-refractivity contribution is 5.91. The lowest BCUT2D eigenvalue weighted by molar-refractivity contribution is 0.0900. The van der Waals surface area contributed by atoms with Gasteiger partial charge in [-0.15, -0.1) is 6.58 Å². The van der Waals surface area contributed by atoms with Gasteiger partial charge in [-0.05, 0) is 74.9 Å². The predicted octanol–water partition coefficient (Wildman–Crippen LogP) is 5.15. The number of nitrogens with one attached hydrogen (secondary N) is 1. The summed E-state index contributed by atoms with van der Waals surface area (Å²) in [6.07, 6.45) is 3.21. The van der Waals surface area contributed by atoms with Crippen molar-refractivity contribution in [1.29, 1.82) is 0 Å². The smallest absolute Gasteiger partial charge is 0.287 e.